The molecule has 2 aromatic carbocycles. The topological polar surface area (TPSA) is 50.4 Å². The quantitative estimate of drug-likeness (QED) is 0.843. The van der Waals surface area contributed by atoms with Crippen LogP contribution in [0.15, 0.2) is 42.5 Å². The number of amides is 1. The predicted octanol–water partition coefficient (Wildman–Crippen LogP) is 3.73. The van der Waals surface area contributed by atoms with Crippen molar-refractivity contribution in [3.8, 4) is 5.75 Å². The molecule has 0 aliphatic rings. The van der Waals surface area contributed by atoms with Gasteiger partial charge in [0, 0.05) is 6.54 Å². The fourth-order valence-electron chi connectivity index (χ4n) is 1.86. The van der Waals surface area contributed by atoms with Crippen LogP contribution >= 0.6 is 23.2 Å². The largest absolute Gasteiger partial charge is 0.497 e. The van der Waals surface area contributed by atoms with E-state index in [0.717, 1.165) is 11.3 Å². The Bertz CT molecular complexity index is 625. The van der Waals surface area contributed by atoms with Crippen molar-refractivity contribution >= 4 is 34.8 Å². The van der Waals surface area contributed by atoms with Crippen LogP contribution in [-0.2, 0) is 11.3 Å². The molecule has 22 heavy (non-hydrogen) atoms. The number of carbonyl (C=O) groups is 1. The van der Waals surface area contributed by atoms with E-state index < -0.39 is 0 Å². The van der Waals surface area contributed by atoms with Gasteiger partial charge in [-0.2, -0.15) is 0 Å². The summed E-state index contributed by atoms with van der Waals surface area (Å²) >= 11 is 12.0. The van der Waals surface area contributed by atoms with Crippen LogP contribution in [0.3, 0.4) is 0 Å². The van der Waals surface area contributed by atoms with Crippen molar-refractivity contribution in [3.05, 3.63) is 58.1 Å². The molecule has 0 unspecified atom stereocenters. The number of ether oxygens (including phenoxy) is 1. The van der Waals surface area contributed by atoms with Gasteiger partial charge in [-0.15, -0.1) is 0 Å². The lowest BCUT2D eigenvalue weighted by Crippen LogP contribution is -2.27. The molecule has 0 aliphatic carbocycles. The molecule has 0 aromatic heterocycles. The molecule has 2 N–H and O–H groups in total. The molecule has 116 valence electrons. The van der Waals surface area contributed by atoms with Crippen molar-refractivity contribution in [1.29, 1.82) is 0 Å². The number of benzene rings is 2. The highest BCUT2D eigenvalue weighted by Crippen LogP contribution is 2.29. The smallest absolute Gasteiger partial charge is 0.238 e. The highest BCUT2D eigenvalue weighted by molar-refractivity contribution is 6.39. The minimum absolute atomic E-state index is 0.160. The normalized spacial score (nSPS) is 10.3. The van der Waals surface area contributed by atoms with Gasteiger partial charge in [0.15, 0.2) is 0 Å². The summed E-state index contributed by atoms with van der Waals surface area (Å²) in [7, 11) is 1.62. The number of para-hydroxylation sites is 1. The first kappa shape index (κ1) is 16.6. The molecule has 0 aliphatic heterocycles. The van der Waals surface area contributed by atoms with Gasteiger partial charge in [0.25, 0.3) is 0 Å². The molecule has 2 rings (SSSR count). The molecule has 0 heterocycles. The number of rotatable bonds is 6. The summed E-state index contributed by atoms with van der Waals surface area (Å²) in [5.74, 6) is 0.596. The molecule has 6 heteroatoms. The van der Waals surface area contributed by atoms with Gasteiger partial charge >= 0.3 is 0 Å². The Balaban J connectivity index is 1.82. The maximum Gasteiger partial charge on any atom is 0.238 e. The monoisotopic (exact) mass is 338 g/mol. The van der Waals surface area contributed by atoms with E-state index in [9.17, 15) is 4.79 Å². The zero-order chi connectivity index (χ0) is 15.9. The van der Waals surface area contributed by atoms with Gasteiger partial charge in [-0.3, -0.25) is 4.79 Å². The zero-order valence-electron chi connectivity index (χ0n) is 12.0. The molecule has 0 spiro atoms. The molecular formula is C16H16Cl2N2O2. The van der Waals surface area contributed by atoms with Crippen LogP contribution in [0.5, 0.6) is 5.75 Å². The Labute approximate surface area is 139 Å². The first-order valence-electron chi connectivity index (χ1n) is 6.67. The molecule has 0 bridgehead atoms. The lowest BCUT2D eigenvalue weighted by Gasteiger charge is -2.10. The van der Waals surface area contributed by atoms with Crippen molar-refractivity contribution in [2.75, 3.05) is 19.0 Å². The summed E-state index contributed by atoms with van der Waals surface area (Å²) in [4.78, 5) is 11.9. The van der Waals surface area contributed by atoms with Crippen LogP contribution in [0.4, 0.5) is 5.69 Å². The molecule has 0 saturated carbocycles. The van der Waals surface area contributed by atoms with Crippen LogP contribution in [-0.4, -0.2) is 19.6 Å². The van der Waals surface area contributed by atoms with Crippen molar-refractivity contribution in [2.24, 2.45) is 0 Å². The fourth-order valence-corrected chi connectivity index (χ4v) is 2.36. The molecule has 2 aromatic rings. The van der Waals surface area contributed by atoms with E-state index in [0.29, 0.717) is 22.3 Å². The Morgan fingerprint density at radius 2 is 1.73 bits per heavy atom. The van der Waals surface area contributed by atoms with Crippen LogP contribution in [0.1, 0.15) is 5.56 Å². The van der Waals surface area contributed by atoms with Crippen molar-refractivity contribution in [3.63, 3.8) is 0 Å². The highest BCUT2D eigenvalue weighted by atomic mass is 35.5. The second kappa shape index (κ2) is 8.03. The molecule has 4 nitrogen and oxygen atoms in total. The third-order valence-electron chi connectivity index (χ3n) is 3.00. The summed E-state index contributed by atoms with van der Waals surface area (Å²) in [6.07, 6.45) is 0. The van der Waals surface area contributed by atoms with E-state index >= 15 is 0 Å². The minimum atomic E-state index is -0.205. The van der Waals surface area contributed by atoms with E-state index in [1.165, 1.54) is 0 Å². The number of halogens is 2. The zero-order valence-corrected chi connectivity index (χ0v) is 13.5. The average Bonchev–Trinajstić information content (AvgIpc) is 2.52. The predicted molar refractivity (Wildman–Crippen MR) is 89.8 cm³/mol. The van der Waals surface area contributed by atoms with Gasteiger partial charge in [0.1, 0.15) is 5.75 Å². The van der Waals surface area contributed by atoms with Gasteiger partial charge in [0.2, 0.25) is 5.91 Å². The van der Waals surface area contributed by atoms with E-state index in [2.05, 4.69) is 10.6 Å². The third-order valence-corrected chi connectivity index (χ3v) is 3.63. The SMILES string of the molecule is COc1ccc(CNCC(=O)Nc2c(Cl)cccc2Cl)cc1. The summed E-state index contributed by atoms with van der Waals surface area (Å²) in [5.41, 5.74) is 1.49. The molecule has 0 radical (unpaired) electrons. The fraction of sp³-hybridized carbons (Fsp3) is 0.188. The van der Waals surface area contributed by atoms with Crippen LogP contribution in [0.25, 0.3) is 0 Å². The van der Waals surface area contributed by atoms with Gasteiger partial charge in [0.05, 0.1) is 29.4 Å². The lowest BCUT2D eigenvalue weighted by atomic mass is 10.2. The maximum absolute atomic E-state index is 11.9. The number of carbonyl (C=O) groups excluding carboxylic acids is 1. The summed E-state index contributed by atoms with van der Waals surface area (Å²) in [5, 5.41) is 6.58. The number of methoxy groups -OCH3 is 1. The molecule has 1 amide bonds. The summed E-state index contributed by atoms with van der Waals surface area (Å²) in [6, 6.07) is 12.7. The Morgan fingerprint density at radius 1 is 1.09 bits per heavy atom. The van der Waals surface area contributed by atoms with E-state index in [1.54, 1.807) is 25.3 Å². The number of hydrogen-bond acceptors (Lipinski definition) is 3. The number of hydrogen-bond donors (Lipinski definition) is 2. The Kier molecular flexibility index (Phi) is 6.07. The summed E-state index contributed by atoms with van der Waals surface area (Å²) in [6.45, 7) is 0.737. The standard InChI is InChI=1S/C16H16Cl2N2O2/c1-22-12-7-5-11(6-8-12)9-19-10-15(21)20-16-13(17)3-2-4-14(16)18/h2-8,19H,9-10H2,1H3,(H,20,21). The molecule has 0 atom stereocenters. The number of nitrogens with one attached hydrogen (secondary N) is 2. The Hall–Kier alpha value is -1.75. The Morgan fingerprint density at radius 3 is 2.32 bits per heavy atom. The van der Waals surface area contributed by atoms with Crippen LogP contribution in [0, 0.1) is 0 Å². The van der Waals surface area contributed by atoms with Gasteiger partial charge in [-0.1, -0.05) is 41.4 Å². The first-order chi connectivity index (χ1) is 10.6. The molecule has 0 saturated heterocycles. The maximum atomic E-state index is 11.9. The first-order valence-corrected chi connectivity index (χ1v) is 7.43. The average molecular weight is 339 g/mol. The molecular weight excluding hydrogens is 323 g/mol. The van der Waals surface area contributed by atoms with Crippen molar-refractivity contribution in [1.82, 2.24) is 5.32 Å². The number of anilines is 1. The van der Waals surface area contributed by atoms with Crippen molar-refractivity contribution in [2.45, 2.75) is 6.54 Å². The third kappa shape index (κ3) is 4.63. The summed E-state index contributed by atoms with van der Waals surface area (Å²) < 4.78 is 5.09. The van der Waals surface area contributed by atoms with Crippen LogP contribution < -0.4 is 15.4 Å². The highest BCUT2D eigenvalue weighted by Gasteiger charge is 2.09. The second-order valence-electron chi connectivity index (χ2n) is 4.60. The van der Waals surface area contributed by atoms with Gasteiger partial charge in [-0.05, 0) is 29.8 Å². The van der Waals surface area contributed by atoms with E-state index in [4.69, 9.17) is 27.9 Å². The van der Waals surface area contributed by atoms with Gasteiger partial charge in [-0.25, -0.2) is 0 Å². The van der Waals surface area contributed by atoms with Crippen LogP contribution in [0.2, 0.25) is 10.0 Å². The van der Waals surface area contributed by atoms with Crippen molar-refractivity contribution < 1.29 is 9.53 Å². The van der Waals surface area contributed by atoms with E-state index in [-0.39, 0.29) is 12.5 Å². The van der Waals surface area contributed by atoms with E-state index in [1.807, 2.05) is 24.3 Å². The lowest BCUT2D eigenvalue weighted by molar-refractivity contribution is -0.115. The molecule has 0 fully saturated rings. The minimum Gasteiger partial charge on any atom is -0.497 e. The van der Waals surface area contributed by atoms with Gasteiger partial charge < -0.3 is 15.4 Å². The second-order valence-corrected chi connectivity index (χ2v) is 5.41.